The highest BCUT2D eigenvalue weighted by molar-refractivity contribution is 5.85. The lowest BCUT2D eigenvalue weighted by Gasteiger charge is -2.29. The van der Waals surface area contributed by atoms with E-state index in [4.69, 9.17) is 13.9 Å². The predicted molar refractivity (Wildman–Crippen MR) is 140 cm³/mol. The second-order valence-electron chi connectivity index (χ2n) is 9.18. The third-order valence-corrected chi connectivity index (χ3v) is 6.36. The Kier molecular flexibility index (Phi) is 10.3. The molecule has 0 unspecified atom stereocenters. The van der Waals surface area contributed by atoms with Crippen molar-refractivity contribution >= 4 is 11.8 Å². The zero-order chi connectivity index (χ0) is 26.6. The average Bonchev–Trinajstić information content (AvgIpc) is 3.46. The molecule has 0 N–H and O–H groups in total. The molecule has 8 nitrogen and oxygen atoms in total. The third-order valence-electron chi connectivity index (χ3n) is 6.36. The minimum atomic E-state index is -0.340. The highest BCUT2D eigenvalue weighted by atomic mass is 19.1. The average molecular weight is 524 g/mol. The summed E-state index contributed by atoms with van der Waals surface area (Å²) in [6, 6.07) is 18.7. The minimum Gasteiger partial charge on any atom is -0.484 e. The monoisotopic (exact) mass is 523 g/mol. The topological polar surface area (TPSA) is 75.5 Å². The number of ether oxygens (including phenoxy) is 2. The smallest absolute Gasteiger partial charge is 0.260 e. The second kappa shape index (κ2) is 14.3. The fraction of sp³-hybridized carbons (Fsp3) is 0.379. The van der Waals surface area contributed by atoms with Crippen LogP contribution in [-0.2, 0) is 27.4 Å². The third kappa shape index (κ3) is 8.71. The van der Waals surface area contributed by atoms with E-state index in [0.29, 0.717) is 31.3 Å². The van der Waals surface area contributed by atoms with Crippen LogP contribution in [0.5, 0.6) is 5.75 Å². The van der Waals surface area contributed by atoms with Crippen molar-refractivity contribution in [3.8, 4) is 5.75 Å². The summed E-state index contributed by atoms with van der Waals surface area (Å²) in [5, 5.41) is 0. The number of carbonyl (C=O) groups excluding carboxylic acids is 2. The van der Waals surface area contributed by atoms with E-state index in [-0.39, 0.29) is 43.9 Å². The lowest BCUT2D eigenvalue weighted by atomic mass is 10.2. The maximum absolute atomic E-state index is 13.5. The van der Waals surface area contributed by atoms with Crippen LogP contribution in [0.1, 0.15) is 17.7 Å². The molecule has 1 fully saturated rings. The maximum atomic E-state index is 13.5. The molecule has 3 aromatic rings. The van der Waals surface area contributed by atoms with Crippen molar-refractivity contribution in [2.75, 3.05) is 52.5 Å². The van der Waals surface area contributed by atoms with E-state index >= 15 is 0 Å². The number of morpholine rings is 1. The Morgan fingerprint density at radius 3 is 2.37 bits per heavy atom. The molecule has 2 aromatic carbocycles. The Balaban J connectivity index is 1.42. The SMILES string of the molecule is O=C(COc1ccccc1)N(CCCN1CCOCC1)CC(=O)N(Cc1ccc(F)cc1)Cc1ccco1. The number of benzene rings is 2. The van der Waals surface area contributed by atoms with Gasteiger partial charge in [-0.25, -0.2) is 4.39 Å². The molecule has 0 atom stereocenters. The van der Waals surface area contributed by atoms with Crippen molar-refractivity contribution in [2.24, 2.45) is 0 Å². The number of rotatable bonds is 13. The molecule has 0 spiro atoms. The van der Waals surface area contributed by atoms with Crippen LogP contribution in [0, 0.1) is 5.82 Å². The van der Waals surface area contributed by atoms with Gasteiger partial charge in [0.05, 0.1) is 32.6 Å². The van der Waals surface area contributed by atoms with Crippen LogP contribution in [0.15, 0.2) is 77.4 Å². The van der Waals surface area contributed by atoms with Crippen LogP contribution in [0.25, 0.3) is 0 Å². The number of nitrogens with zero attached hydrogens (tertiary/aromatic N) is 3. The summed E-state index contributed by atoms with van der Waals surface area (Å²) in [5.41, 5.74) is 0.781. The number of halogens is 1. The van der Waals surface area contributed by atoms with Crippen molar-refractivity contribution in [1.29, 1.82) is 0 Å². The fourth-order valence-electron chi connectivity index (χ4n) is 4.25. The molecule has 0 bridgehead atoms. The molecule has 1 aliphatic heterocycles. The van der Waals surface area contributed by atoms with Gasteiger partial charge in [0.2, 0.25) is 5.91 Å². The van der Waals surface area contributed by atoms with Gasteiger partial charge in [-0.2, -0.15) is 0 Å². The summed E-state index contributed by atoms with van der Waals surface area (Å²) in [7, 11) is 0. The van der Waals surface area contributed by atoms with Gasteiger partial charge < -0.3 is 23.7 Å². The fourth-order valence-corrected chi connectivity index (χ4v) is 4.25. The number of para-hydroxylation sites is 1. The van der Waals surface area contributed by atoms with Gasteiger partial charge in [0.1, 0.15) is 17.3 Å². The Hall–Kier alpha value is -3.69. The molecule has 4 rings (SSSR count). The van der Waals surface area contributed by atoms with Crippen molar-refractivity contribution in [1.82, 2.24) is 14.7 Å². The van der Waals surface area contributed by atoms with Crippen molar-refractivity contribution in [3.05, 3.63) is 90.1 Å². The number of hydrogen-bond acceptors (Lipinski definition) is 6. The first kappa shape index (κ1) is 27.3. The van der Waals surface area contributed by atoms with Crippen LogP contribution in [0.3, 0.4) is 0 Å². The Bertz CT molecular complexity index is 1120. The molecular formula is C29H34FN3O5. The highest BCUT2D eigenvalue weighted by Gasteiger charge is 2.23. The summed E-state index contributed by atoms with van der Waals surface area (Å²) in [5.74, 6) is 0.386. The zero-order valence-electron chi connectivity index (χ0n) is 21.5. The molecule has 38 heavy (non-hydrogen) atoms. The second-order valence-corrected chi connectivity index (χ2v) is 9.18. The molecule has 202 valence electrons. The summed E-state index contributed by atoms with van der Waals surface area (Å²) < 4.78 is 30.0. The van der Waals surface area contributed by atoms with Crippen molar-refractivity contribution < 1.29 is 27.9 Å². The number of carbonyl (C=O) groups is 2. The Morgan fingerprint density at radius 1 is 0.895 bits per heavy atom. The zero-order valence-corrected chi connectivity index (χ0v) is 21.5. The first-order valence-electron chi connectivity index (χ1n) is 12.9. The standard InChI is InChI=1S/C29H34FN3O5/c30-25-11-9-24(10-12-25)20-33(21-27-8-4-17-37-27)28(34)22-32(14-5-13-31-15-18-36-19-16-31)29(35)23-38-26-6-2-1-3-7-26/h1-4,6-12,17H,5,13-16,18-23H2. The quantitative estimate of drug-likeness (QED) is 0.341. The van der Waals surface area contributed by atoms with Gasteiger partial charge in [-0.05, 0) is 48.4 Å². The van der Waals surface area contributed by atoms with Crippen LogP contribution in [0.4, 0.5) is 4.39 Å². The molecule has 1 aromatic heterocycles. The highest BCUT2D eigenvalue weighted by Crippen LogP contribution is 2.14. The van der Waals surface area contributed by atoms with Gasteiger partial charge in [0.25, 0.3) is 5.91 Å². The number of furan rings is 1. The molecule has 9 heteroatoms. The molecule has 0 aliphatic carbocycles. The van der Waals surface area contributed by atoms with Gasteiger partial charge in [-0.3, -0.25) is 14.5 Å². The lowest BCUT2D eigenvalue weighted by molar-refractivity contribution is -0.142. The molecule has 1 aliphatic rings. The summed E-state index contributed by atoms with van der Waals surface area (Å²) in [6.45, 7) is 4.60. The van der Waals surface area contributed by atoms with Crippen molar-refractivity contribution in [3.63, 3.8) is 0 Å². The van der Waals surface area contributed by atoms with E-state index in [1.807, 2.05) is 18.2 Å². The first-order valence-corrected chi connectivity index (χ1v) is 12.9. The van der Waals surface area contributed by atoms with E-state index in [0.717, 1.165) is 31.6 Å². The first-order chi connectivity index (χ1) is 18.6. The van der Waals surface area contributed by atoms with Crippen LogP contribution >= 0.6 is 0 Å². The molecular weight excluding hydrogens is 489 g/mol. The summed E-state index contributed by atoms with van der Waals surface area (Å²) >= 11 is 0. The molecule has 2 amide bonds. The minimum absolute atomic E-state index is 0.0952. The molecule has 1 saturated heterocycles. The summed E-state index contributed by atoms with van der Waals surface area (Å²) in [6.07, 6.45) is 2.28. The van der Waals surface area contributed by atoms with E-state index in [1.165, 1.54) is 12.1 Å². The maximum Gasteiger partial charge on any atom is 0.260 e. The number of hydrogen-bond donors (Lipinski definition) is 0. The van der Waals surface area contributed by atoms with Crippen LogP contribution in [-0.4, -0.2) is 79.1 Å². The largest absolute Gasteiger partial charge is 0.484 e. The van der Waals surface area contributed by atoms with Gasteiger partial charge >= 0.3 is 0 Å². The van der Waals surface area contributed by atoms with E-state index in [1.54, 1.807) is 52.5 Å². The van der Waals surface area contributed by atoms with E-state index < -0.39 is 0 Å². The molecule has 0 radical (unpaired) electrons. The normalized spacial score (nSPS) is 13.7. The number of amides is 2. The molecule has 2 heterocycles. The Morgan fingerprint density at radius 2 is 1.66 bits per heavy atom. The van der Waals surface area contributed by atoms with Gasteiger partial charge in [-0.1, -0.05) is 30.3 Å². The molecule has 0 saturated carbocycles. The van der Waals surface area contributed by atoms with Gasteiger partial charge in [0.15, 0.2) is 6.61 Å². The predicted octanol–water partition coefficient (Wildman–Crippen LogP) is 3.58. The van der Waals surface area contributed by atoms with E-state index in [9.17, 15) is 14.0 Å². The lowest BCUT2D eigenvalue weighted by Crippen LogP contribution is -2.45. The van der Waals surface area contributed by atoms with Gasteiger partial charge in [-0.15, -0.1) is 0 Å². The van der Waals surface area contributed by atoms with Crippen LogP contribution < -0.4 is 4.74 Å². The van der Waals surface area contributed by atoms with Gasteiger partial charge in [0, 0.05) is 32.7 Å². The summed E-state index contributed by atoms with van der Waals surface area (Å²) in [4.78, 5) is 32.2. The van der Waals surface area contributed by atoms with E-state index in [2.05, 4.69) is 4.90 Å². The van der Waals surface area contributed by atoms with Crippen LogP contribution in [0.2, 0.25) is 0 Å². The van der Waals surface area contributed by atoms with Crippen molar-refractivity contribution in [2.45, 2.75) is 19.5 Å². The Labute approximate surface area is 222 Å².